The number of ether oxygens (including phenoxy) is 1. The summed E-state index contributed by atoms with van der Waals surface area (Å²) in [6, 6.07) is 14.9. The van der Waals surface area contributed by atoms with Crippen LogP contribution >= 0.6 is 22.9 Å². The number of aryl methyl sites for hydroxylation is 1. The number of hydrogen-bond donors (Lipinski definition) is 2. The van der Waals surface area contributed by atoms with Crippen molar-refractivity contribution in [3.63, 3.8) is 0 Å². The van der Waals surface area contributed by atoms with Crippen molar-refractivity contribution in [2.75, 3.05) is 6.54 Å². The van der Waals surface area contributed by atoms with E-state index in [9.17, 15) is 9.59 Å². The molecule has 2 N–H and O–H groups in total. The van der Waals surface area contributed by atoms with E-state index in [1.807, 2.05) is 37.3 Å². The number of carbonyl (C=O) groups is 1. The van der Waals surface area contributed by atoms with Gasteiger partial charge in [-0.15, -0.1) is 0 Å². The van der Waals surface area contributed by atoms with Crippen LogP contribution < -0.4 is 14.9 Å². The Bertz CT molecular complexity index is 1300. The third kappa shape index (κ3) is 5.10. The van der Waals surface area contributed by atoms with Gasteiger partial charge >= 0.3 is 4.87 Å². The van der Waals surface area contributed by atoms with Crippen LogP contribution in [0.15, 0.2) is 53.3 Å². The van der Waals surface area contributed by atoms with Gasteiger partial charge in [-0.1, -0.05) is 41.1 Å². The van der Waals surface area contributed by atoms with E-state index in [4.69, 9.17) is 16.3 Å². The zero-order valence-corrected chi connectivity index (χ0v) is 18.2. The molecule has 1 amide bonds. The molecule has 2 aromatic carbocycles. The van der Waals surface area contributed by atoms with Gasteiger partial charge < -0.3 is 10.1 Å². The third-order valence-electron chi connectivity index (χ3n) is 4.62. The van der Waals surface area contributed by atoms with Gasteiger partial charge in [0.2, 0.25) is 0 Å². The quantitative estimate of drug-likeness (QED) is 0.441. The van der Waals surface area contributed by atoms with E-state index in [0.717, 1.165) is 33.5 Å². The first-order valence-electron chi connectivity index (χ1n) is 9.60. The van der Waals surface area contributed by atoms with Crippen molar-refractivity contribution < 1.29 is 9.53 Å². The third-order valence-corrected chi connectivity index (χ3v) is 5.74. The zero-order valence-electron chi connectivity index (χ0n) is 16.6. The van der Waals surface area contributed by atoms with Crippen molar-refractivity contribution in [2.45, 2.75) is 20.0 Å². The Balaban J connectivity index is 1.39. The van der Waals surface area contributed by atoms with Crippen LogP contribution in [0.5, 0.6) is 5.75 Å². The maximum atomic E-state index is 12.4. The van der Waals surface area contributed by atoms with Gasteiger partial charge in [-0.2, -0.15) is 5.10 Å². The van der Waals surface area contributed by atoms with Crippen molar-refractivity contribution >= 4 is 39.7 Å². The van der Waals surface area contributed by atoms with E-state index >= 15 is 0 Å². The molecule has 0 fully saturated rings. The lowest BCUT2D eigenvalue weighted by Gasteiger charge is -2.12. The fraction of sp³-hybridized carbons (Fsp3) is 0.182. The standard InChI is InChI=1S/C22H19ClN4O3S/c1-13-10-14(16-4-2-3-5-19(16)25-13)12-30-15-6-7-17(18(23)11-15)21(28)24-9-8-20-26-27-22(29)31-20/h2-7,10-11H,8-9,12H2,1H3,(H,24,28)(H,27,29). The van der Waals surface area contributed by atoms with E-state index in [-0.39, 0.29) is 10.8 Å². The number of fused-ring (bicyclic) bond motifs is 1. The zero-order chi connectivity index (χ0) is 21.8. The van der Waals surface area contributed by atoms with Gasteiger partial charge in [0.1, 0.15) is 17.4 Å². The second kappa shape index (κ2) is 9.28. The first-order valence-corrected chi connectivity index (χ1v) is 10.8. The number of halogens is 1. The Hall–Kier alpha value is -3.23. The number of aromatic nitrogens is 3. The van der Waals surface area contributed by atoms with Gasteiger partial charge in [-0.3, -0.25) is 14.6 Å². The minimum atomic E-state index is -0.296. The molecule has 0 aliphatic carbocycles. The van der Waals surface area contributed by atoms with Crippen LogP contribution in [0.3, 0.4) is 0 Å². The highest BCUT2D eigenvalue weighted by atomic mass is 35.5. The molecule has 4 rings (SSSR count). The Kier molecular flexibility index (Phi) is 6.29. The van der Waals surface area contributed by atoms with Crippen molar-refractivity contribution in [3.05, 3.63) is 85.0 Å². The molecule has 0 bridgehead atoms. The summed E-state index contributed by atoms with van der Waals surface area (Å²) in [6.45, 7) is 2.66. The predicted octanol–water partition coefficient (Wildman–Crippen LogP) is 3.89. The van der Waals surface area contributed by atoms with E-state index in [1.165, 1.54) is 0 Å². The topological polar surface area (TPSA) is 97.0 Å². The predicted molar refractivity (Wildman–Crippen MR) is 121 cm³/mol. The normalized spacial score (nSPS) is 10.9. The fourth-order valence-electron chi connectivity index (χ4n) is 3.19. The fourth-order valence-corrected chi connectivity index (χ4v) is 4.05. The Morgan fingerprint density at radius 1 is 1.23 bits per heavy atom. The molecule has 31 heavy (non-hydrogen) atoms. The van der Waals surface area contributed by atoms with Gasteiger partial charge in [0.15, 0.2) is 0 Å². The Labute approximate surface area is 187 Å². The SMILES string of the molecule is Cc1cc(COc2ccc(C(=O)NCCc3n[nH]c(=O)s3)c(Cl)c2)c2ccccc2n1. The van der Waals surface area contributed by atoms with E-state index in [0.29, 0.717) is 40.9 Å². The second-order valence-corrected chi connectivity index (χ2v) is 8.34. The lowest BCUT2D eigenvalue weighted by molar-refractivity contribution is 0.0954. The number of rotatable bonds is 7. The van der Waals surface area contributed by atoms with Gasteiger partial charge in [0, 0.05) is 29.6 Å². The minimum absolute atomic E-state index is 0.213. The highest BCUT2D eigenvalue weighted by Crippen LogP contribution is 2.25. The highest BCUT2D eigenvalue weighted by Gasteiger charge is 2.12. The molecule has 4 aromatic rings. The summed E-state index contributed by atoms with van der Waals surface area (Å²) in [5.74, 6) is 0.275. The average molecular weight is 455 g/mol. The summed E-state index contributed by atoms with van der Waals surface area (Å²) in [6.07, 6.45) is 0.466. The van der Waals surface area contributed by atoms with Crippen LogP contribution in [-0.4, -0.2) is 27.6 Å². The van der Waals surface area contributed by atoms with Gasteiger partial charge in [-0.05, 0) is 37.3 Å². The molecule has 0 atom stereocenters. The minimum Gasteiger partial charge on any atom is -0.489 e. The number of H-pyrrole nitrogens is 1. The molecule has 2 heterocycles. The summed E-state index contributed by atoms with van der Waals surface area (Å²) >= 11 is 7.34. The second-order valence-electron chi connectivity index (χ2n) is 6.88. The molecule has 0 aliphatic rings. The summed E-state index contributed by atoms with van der Waals surface area (Å²) in [5.41, 5.74) is 3.23. The maximum absolute atomic E-state index is 12.4. The molecule has 0 radical (unpaired) electrons. The monoisotopic (exact) mass is 454 g/mol. The molecular formula is C22H19ClN4O3S. The summed E-state index contributed by atoms with van der Waals surface area (Å²) in [5, 5.41) is 11.0. The number of pyridine rings is 1. The Morgan fingerprint density at radius 3 is 2.84 bits per heavy atom. The molecule has 7 nitrogen and oxygen atoms in total. The molecule has 0 aliphatic heterocycles. The van der Waals surface area contributed by atoms with E-state index in [2.05, 4.69) is 20.5 Å². The number of benzene rings is 2. The summed E-state index contributed by atoms with van der Waals surface area (Å²) in [7, 11) is 0. The molecule has 0 saturated carbocycles. The van der Waals surface area contributed by atoms with Crippen LogP contribution in [0.4, 0.5) is 0 Å². The lowest BCUT2D eigenvalue weighted by Crippen LogP contribution is -2.26. The molecule has 0 saturated heterocycles. The molecule has 158 valence electrons. The Morgan fingerprint density at radius 2 is 2.06 bits per heavy atom. The van der Waals surface area contributed by atoms with Crippen molar-refractivity contribution in [1.82, 2.24) is 20.5 Å². The number of nitrogens with zero attached hydrogens (tertiary/aromatic N) is 2. The highest BCUT2D eigenvalue weighted by molar-refractivity contribution is 7.08. The number of aromatic amines is 1. The maximum Gasteiger partial charge on any atom is 0.322 e. The van der Waals surface area contributed by atoms with Gasteiger partial charge in [0.05, 0.1) is 16.1 Å². The largest absolute Gasteiger partial charge is 0.489 e. The number of hydrogen-bond acceptors (Lipinski definition) is 6. The lowest BCUT2D eigenvalue weighted by atomic mass is 10.1. The van der Waals surface area contributed by atoms with Crippen molar-refractivity contribution in [3.8, 4) is 5.75 Å². The molecular weight excluding hydrogens is 436 g/mol. The molecule has 0 unspecified atom stereocenters. The molecule has 2 aromatic heterocycles. The first kappa shape index (κ1) is 21.0. The number of nitrogens with one attached hydrogen (secondary N) is 2. The summed E-state index contributed by atoms with van der Waals surface area (Å²) < 4.78 is 5.93. The molecule has 9 heteroatoms. The van der Waals surface area contributed by atoms with Crippen molar-refractivity contribution in [2.24, 2.45) is 0 Å². The number of carbonyl (C=O) groups excluding carboxylic acids is 1. The van der Waals surface area contributed by atoms with Crippen LogP contribution in [0.2, 0.25) is 5.02 Å². The van der Waals surface area contributed by atoms with Gasteiger partial charge in [-0.25, -0.2) is 5.10 Å². The van der Waals surface area contributed by atoms with Crippen LogP contribution in [0.1, 0.15) is 26.6 Å². The van der Waals surface area contributed by atoms with Crippen LogP contribution in [-0.2, 0) is 13.0 Å². The average Bonchev–Trinajstić information content (AvgIpc) is 3.16. The van der Waals surface area contributed by atoms with E-state index < -0.39 is 0 Å². The molecule has 0 spiro atoms. The van der Waals surface area contributed by atoms with Crippen molar-refractivity contribution in [1.29, 1.82) is 0 Å². The van der Waals surface area contributed by atoms with Crippen LogP contribution in [0.25, 0.3) is 10.9 Å². The smallest absolute Gasteiger partial charge is 0.322 e. The van der Waals surface area contributed by atoms with E-state index in [1.54, 1.807) is 18.2 Å². The van der Waals surface area contributed by atoms with Gasteiger partial charge in [0.25, 0.3) is 5.91 Å². The van der Waals surface area contributed by atoms with Crippen LogP contribution in [0, 0.1) is 6.92 Å². The summed E-state index contributed by atoms with van der Waals surface area (Å²) in [4.78, 5) is 27.8. The first-order chi connectivity index (χ1) is 15.0. The number of amides is 1. The number of para-hydroxylation sites is 1.